The van der Waals surface area contributed by atoms with Gasteiger partial charge < -0.3 is 15.4 Å². The Morgan fingerprint density at radius 3 is 2.62 bits per heavy atom. The van der Waals surface area contributed by atoms with Gasteiger partial charge in [0.15, 0.2) is 0 Å². The number of carbonyl (C=O) groups is 1. The quantitative estimate of drug-likeness (QED) is 0.776. The molecule has 1 aliphatic rings. The van der Waals surface area contributed by atoms with Crippen LogP contribution >= 0.6 is 0 Å². The van der Waals surface area contributed by atoms with E-state index in [1.165, 1.54) is 0 Å². The van der Waals surface area contributed by atoms with Crippen molar-refractivity contribution in [3.8, 4) is 0 Å². The lowest BCUT2D eigenvalue weighted by molar-refractivity contribution is -0.128. The van der Waals surface area contributed by atoms with E-state index in [0.717, 1.165) is 6.54 Å². The molecule has 0 aromatic carbocycles. The number of amides is 1. The largest absolute Gasteiger partial charge is 0.383 e. The average molecular weight is 228 g/mol. The molecule has 0 radical (unpaired) electrons. The SMILES string of the molecule is COCC(N)CN1CC(C(C)(C)C)CC1=O. The highest BCUT2D eigenvalue weighted by Gasteiger charge is 2.36. The molecule has 2 N–H and O–H groups in total. The zero-order valence-electron chi connectivity index (χ0n) is 10.8. The van der Waals surface area contributed by atoms with Crippen LogP contribution in [0.25, 0.3) is 0 Å². The maximum absolute atomic E-state index is 11.8. The molecule has 0 spiro atoms. The summed E-state index contributed by atoms with van der Waals surface area (Å²) in [4.78, 5) is 13.7. The summed E-state index contributed by atoms with van der Waals surface area (Å²) in [5.74, 6) is 0.668. The van der Waals surface area contributed by atoms with Crippen LogP contribution in [0.5, 0.6) is 0 Å². The first-order chi connectivity index (χ1) is 7.34. The number of likely N-dealkylation sites (tertiary alicyclic amines) is 1. The van der Waals surface area contributed by atoms with E-state index in [1.807, 2.05) is 4.90 Å². The minimum atomic E-state index is -0.0762. The van der Waals surface area contributed by atoms with Gasteiger partial charge in [0, 0.05) is 32.7 Å². The van der Waals surface area contributed by atoms with Crippen LogP contribution in [-0.4, -0.2) is 43.7 Å². The molecular weight excluding hydrogens is 204 g/mol. The molecule has 2 atom stereocenters. The summed E-state index contributed by atoms with van der Waals surface area (Å²) in [6, 6.07) is -0.0762. The Morgan fingerprint density at radius 1 is 1.56 bits per heavy atom. The molecule has 1 saturated heterocycles. The predicted molar refractivity (Wildman–Crippen MR) is 64.0 cm³/mol. The Hall–Kier alpha value is -0.610. The molecule has 94 valence electrons. The van der Waals surface area contributed by atoms with Crippen molar-refractivity contribution in [1.29, 1.82) is 0 Å². The fraction of sp³-hybridized carbons (Fsp3) is 0.917. The summed E-state index contributed by atoms with van der Waals surface area (Å²) in [5.41, 5.74) is 6.05. The smallest absolute Gasteiger partial charge is 0.222 e. The first kappa shape index (κ1) is 13.5. The summed E-state index contributed by atoms with van der Waals surface area (Å²) in [5, 5.41) is 0. The topological polar surface area (TPSA) is 55.6 Å². The van der Waals surface area contributed by atoms with E-state index >= 15 is 0 Å². The van der Waals surface area contributed by atoms with Crippen molar-refractivity contribution in [3.05, 3.63) is 0 Å². The lowest BCUT2D eigenvalue weighted by Crippen LogP contribution is -2.41. The highest BCUT2D eigenvalue weighted by molar-refractivity contribution is 5.78. The standard InChI is InChI=1S/C12H24N2O2/c1-12(2,3)9-5-11(15)14(6-9)7-10(13)8-16-4/h9-10H,5-8,13H2,1-4H3. The van der Waals surface area contributed by atoms with Crippen molar-refractivity contribution in [2.24, 2.45) is 17.1 Å². The molecule has 1 heterocycles. The molecule has 1 rings (SSSR count). The zero-order chi connectivity index (χ0) is 12.3. The average Bonchev–Trinajstić information content (AvgIpc) is 2.47. The molecule has 2 unspecified atom stereocenters. The van der Waals surface area contributed by atoms with Crippen molar-refractivity contribution in [2.75, 3.05) is 26.8 Å². The van der Waals surface area contributed by atoms with Crippen molar-refractivity contribution in [3.63, 3.8) is 0 Å². The van der Waals surface area contributed by atoms with Gasteiger partial charge in [0.2, 0.25) is 5.91 Å². The van der Waals surface area contributed by atoms with Gasteiger partial charge in [-0.25, -0.2) is 0 Å². The van der Waals surface area contributed by atoms with E-state index in [0.29, 0.717) is 25.5 Å². The van der Waals surface area contributed by atoms with Crippen molar-refractivity contribution in [1.82, 2.24) is 4.90 Å². The molecule has 0 aromatic rings. The Bertz CT molecular complexity index is 248. The van der Waals surface area contributed by atoms with Gasteiger partial charge in [-0.05, 0) is 11.3 Å². The molecular formula is C12H24N2O2. The van der Waals surface area contributed by atoms with E-state index in [4.69, 9.17) is 10.5 Å². The normalized spacial score (nSPS) is 23.9. The molecule has 0 aromatic heterocycles. The van der Waals surface area contributed by atoms with Crippen molar-refractivity contribution < 1.29 is 9.53 Å². The minimum Gasteiger partial charge on any atom is -0.383 e. The van der Waals surface area contributed by atoms with E-state index in [2.05, 4.69) is 20.8 Å². The Morgan fingerprint density at radius 2 is 2.19 bits per heavy atom. The Kier molecular flexibility index (Phi) is 4.33. The molecule has 4 heteroatoms. The maximum Gasteiger partial charge on any atom is 0.222 e. The number of nitrogens with zero attached hydrogens (tertiary/aromatic N) is 1. The molecule has 0 saturated carbocycles. The number of ether oxygens (including phenoxy) is 1. The summed E-state index contributed by atoms with van der Waals surface area (Å²) in [6.45, 7) is 8.50. The molecule has 4 nitrogen and oxygen atoms in total. The number of hydrogen-bond acceptors (Lipinski definition) is 3. The third-order valence-corrected chi connectivity index (χ3v) is 3.27. The molecule has 1 amide bonds. The summed E-state index contributed by atoms with van der Waals surface area (Å²) >= 11 is 0. The monoisotopic (exact) mass is 228 g/mol. The molecule has 0 bridgehead atoms. The minimum absolute atomic E-state index is 0.0762. The Labute approximate surface area is 98.1 Å². The fourth-order valence-corrected chi connectivity index (χ4v) is 2.08. The summed E-state index contributed by atoms with van der Waals surface area (Å²) in [6.07, 6.45) is 0.656. The third kappa shape index (κ3) is 3.46. The van der Waals surface area contributed by atoms with Crippen LogP contribution in [-0.2, 0) is 9.53 Å². The molecule has 16 heavy (non-hydrogen) atoms. The summed E-state index contributed by atoms with van der Waals surface area (Å²) < 4.78 is 4.98. The number of rotatable bonds is 4. The van der Waals surface area contributed by atoms with Crippen LogP contribution < -0.4 is 5.73 Å². The molecule has 1 aliphatic heterocycles. The number of carbonyl (C=O) groups excluding carboxylic acids is 1. The first-order valence-electron chi connectivity index (χ1n) is 5.87. The number of hydrogen-bond donors (Lipinski definition) is 1. The highest BCUT2D eigenvalue weighted by atomic mass is 16.5. The van der Waals surface area contributed by atoms with Gasteiger partial charge in [0.05, 0.1) is 6.61 Å². The predicted octanol–water partition coefficient (Wildman–Crippen LogP) is 0.855. The van der Waals surface area contributed by atoms with Gasteiger partial charge in [-0.1, -0.05) is 20.8 Å². The maximum atomic E-state index is 11.8. The second-order valence-corrected chi connectivity index (χ2v) is 5.78. The number of nitrogens with two attached hydrogens (primary N) is 1. The van der Waals surface area contributed by atoms with Crippen LogP contribution in [0.15, 0.2) is 0 Å². The molecule has 1 fully saturated rings. The Balaban J connectivity index is 2.49. The summed E-state index contributed by atoms with van der Waals surface area (Å²) in [7, 11) is 1.63. The lowest BCUT2D eigenvalue weighted by atomic mass is 9.80. The second-order valence-electron chi connectivity index (χ2n) is 5.78. The third-order valence-electron chi connectivity index (χ3n) is 3.27. The van der Waals surface area contributed by atoms with E-state index < -0.39 is 0 Å². The van der Waals surface area contributed by atoms with Gasteiger partial charge in [0.25, 0.3) is 0 Å². The van der Waals surface area contributed by atoms with Crippen molar-refractivity contribution in [2.45, 2.75) is 33.2 Å². The van der Waals surface area contributed by atoms with E-state index in [1.54, 1.807) is 7.11 Å². The molecule has 0 aliphatic carbocycles. The van der Waals surface area contributed by atoms with Gasteiger partial charge in [-0.2, -0.15) is 0 Å². The van der Waals surface area contributed by atoms with Gasteiger partial charge in [-0.3, -0.25) is 4.79 Å². The highest BCUT2D eigenvalue weighted by Crippen LogP contribution is 2.34. The van der Waals surface area contributed by atoms with Crippen LogP contribution in [0.4, 0.5) is 0 Å². The fourth-order valence-electron chi connectivity index (χ4n) is 2.08. The number of methoxy groups -OCH3 is 1. The van der Waals surface area contributed by atoms with Crippen LogP contribution in [0.3, 0.4) is 0 Å². The van der Waals surface area contributed by atoms with Gasteiger partial charge >= 0.3 is 0 Å². The first-order valence-corrected chi connectivity index (χ1v) is 5.87. The van der Waals surface area contributed by atoms with Crippen LogP contribution in [0.1, 0.15) is 27.2 Å². The van der Waals surface area contributed by atoms with Crippen molar-refractivity contribution >= 4 is 5.91 Å². The lowest BCUT2D eigenvalue weighted by Gasteiger charge is -2.27. The van der Waals surface area contributed by atoms with Gasteiger partial charge in [-0.15, -0.1) is 0 Å². The van der Waals surface area contributed by atoms with Crippen LogP contribution in [0.2, 0.25) is 0 Å². The van der Waals surface area contributed by atoms with Gasteiger partial charge in [0.1, 0.15) is 0 Å². The van der Waals surface area contributed by atoms with E-state index in [9.17, 15) is 4.79 Å². The van der Waals surface area contributed by atoms with E-state index in [-0.39, 0.29) is 17.4 Å². The zero-order valence-corrected chi connectivity index (χ0v) is 10.8. The van der Waals surface area contributed by atoms with Crippen LogP contribution in [0, 0.1) is 11.3 Å². The second kappa shape index (κ2) is 5.15.